The lowest BCUT2D eigenvalue weighted by atomic mass is 10.1. The van der Waals surface area contributed by atoms with Crippen molar-refractivity contribution in [2.45, 2.75) is 19.3 Å². The molecule has 0 radical (unpaired) electrons. The Labute approximate surface area is 144 Å². The van der Waals surface area contributed by atoms with E-state index >= 15 is 0 Å². The van der Waals surface area contributed by atoms with Crippen LogP contribution in [0.3, 0.4) is 0 Å². The second kappa shape index (κ2) is 6.54. The van der Waals surface area contributed by atoms with Gasteiger partial charge in [0.2, 0.25) is 5.91 Å². The fourth-order valence-corrected chi connectivity index (χ4v) is 4.62. The van der Waals surface area contributed by atoms with Gasteiger partial charge in [0, 0.05) is 21.9 Å². The molecule has 0 fully saturated rings. The van der Waals surface area contributed by atoms with E-state index in [0.717, 1.165) is 41.0 Å². The molecule has 0 aromatic carbocycles. The molecule has 0 unspecified atom stereocenters. The predicted octanol–water partition coefficient (Wildman–Crippen LogP) is 2.96. The molecule has 9 heteroatoms. The molecule has 2 heterocycles. The van der Waals surface area contributed by atoms with Crippen molar-refractivity contribution >= 4 is 50.6 Å². The molecule has 0 spiro atoms. The number of carbonyl (C=O) groups is 2. The van der Waals surface area contributed by atoms with Crippen LogP contribution in [-0.2, 0) is 17.6 Å². The molecule has 124 valence electrons. The van der Waals surface area contributed by atoms with Gasteiger partial charge in [-0.15, -0.1) is 11.3 Å². The fourth-order valence-electron chi connectivity index (χ4n) is 2.59. The normalized spacial score (nSPS) is 13.2. The minimum Gasteiger partial charge on any atom is -0.365 e. The van der Waals surface area contributed by atoms with Gasteiger partial charge in [0.15, 0.2) is 0 Å². The molecule has 2 aromatic rings. The first-order chi connectivity index (χ1) is 11.5. The number of carbonyl (C=O) groups excluding carboxylic acids is 2. The Morgan fingerprint density at radius 1 is 1.29 bits per heavy atom. The molecule has 0 atom stereocenters. The van der Waals surface area contributed by atoms with Crippen LogP contribution in [0.5, 0.6) is 0 Å². The SMILES string of the molecule is NC(=O)c1c(NC(=O)/C=C/c2ccc([N+](=O)[O-])s2)sc2c1CCC2. The molecule has 0 bridgehead atoms. The highest BCUT2D eigenvalue weighted by atomic mass is 32.1. The van der Waals surface area contributed by atoms with Crippen molar-refractivity contribution in [3.8, 4) is 0 Å². The van der Waals surface area contributed by atoms with E-state index in [1.165, 1.54) is 29.6 Å². The van der Waals surface area contributed by atoms with E-state index in [0.29, 0.717) is 15.4 Å². The summed E-state index contributed by atoms with van der Waals surface area (Å²) in [6, 6.07) is 2.96. The predicted molar refractivity (Wildman–Crippen MR) is 93.5 cm³/mol. The number of amides is 2. The first-order valence-corrected chi connectivity index (χ1v) is 8.76. The van der Waals surface area contributed by atoms with E-state index in [1.54, 1.807) is 6.07 Å². The number of nitro groups is 1. The quantitative estimate of drug-likeness (QED) is 0.482. The standard InChI is InChI=1S/C15H13N3O4S2/c16-14(20)13-9-2-1-3-10(9)24-15(13)17-11(19)6-4-8-5-7-12(23-8)18(21)22/h4-7H,1-3H2,(H2,16,20)(H,17,19)/b6-4+. The van der Waals surface area contributed by atoms with E-state index in [9.17, 15) is 19.7 Å². The average molecular weight is 363 g/mol. The smallest absolute Gasteiger partial charge is 0.324 e. The zero-order valence-electron chi connectivity index (χ0n) is 12.4. The Morgan fingerprint density at radius 3 is 2.75 bits per heavy atom. The average Bonchev–Trinajstić information content (AvgIpc) is 3.19. The highest BCUT2D eigenvalue weighted by Gasteiger charge is 2.25. The maximum Gasteiger partial charge on any atom is 0.324 e. The summed E-state index contributed by atoms with van der Waals surface area (Å²) in [7, 11) is 0. The number of nitrogens with two attached hydrogens (primary N) is 1. The minimum absolute atomic E-state index is 0.0146. The Kier molecular flexibility index (Phi) is 4.45. The molecule has 7 nitrogen and oxygen atoms in total. The minimum atomic E-state index is -0.539. The first kappa shape index (κ1) is 16.3. The molecular formula is C15H13N3O4S2. The molecule has 3 rings (SSSR count). The van der Waals surface area contributed by atoms with Crippen LogP contribution in [0.25, 0.3) is 6.08 Å². The molecule has 3 N–H and O–H groups in total. The summed E-state index contributed by atoms with van der Waals surface area (Å²) in [4.78, 5) is 35.6. The zero-order chi connectivity index (χ0) is 17.3. The summed E-state index contributed by atoms with van der Waals surface area (Å²) in [5.41, 5.74) is 6.79. The molecule has 0 aliphatic heterocycles. The maximum atomic E-state index is 12.1. The number of fused-ring (bicyclic) bond motifs is 1. The Bertz CT molecular complexity index is 866. The first-order valence-electron chi connectivity index (χ1n) is 7.13. The molecule has 24 heavy (non-hydrogen) atoms. The highest BCUT2D eigenvalue weighted by Crippen LogP contribution is 2.38. The van der Waals surface area contributed by atoms with Gasteiger partial charge in [0.1, 0.15) is 5.00 Å². The number of anilines is 1. The van der Waals surface area contributed by atoms with Crippen molar-refractivity contribution in [3.05, 3.63) is 49.2 Å². The van der Waals surface area contributed by atoms with E-state index in [2.05, 4.69) is 5.32 Å². The van der Waals surface area contributed by atoms with Crippen molar-refractivity contribution in [1.29, 1.82) is 0 Å². The summed E-state index contributed by atoms with van der Waals surface area (Å²) in [5, 5.41) is 13.8. The summed E-state index contributed by atoms with van der Waals surface area (Å²) >= 11 is 2.36. The van der Waals surface area contributed by atoms with E-state index in [4.69, 9.17) is 5.73 Å². The van der Waals surface area contributed by atoms with Crippen LogP contribution < -0.4 is 11.1 Å². The van der Waals surface area contributed by atoms with E-state index < -0.39 is 16.7 Å². The molecule has 0 saturated heterocycles. The van der Waals surface area contributed by atoms with Gasteiger partial charge in [-0.05, 0) is 37.0 Å². The van der Waals surface area contributed by atoms with Crippen LogP contribution >= 0.6 is 22.7 Å². The fraction of sp³-hybridized carbons (Fsp3) is 0.200. The number of aryl methyl sites for hydroxylation is 1. The summed E-state index contributed by atoms with van der Waals surface area (Å²) in [5.74, 6) is -0.948. The van der Waals surface area contributed by atoms with Crippen LogP contribution in [0, 0.1) is 10.1 Å². The van der Waals surface area contributed by atoms with Gasteiger partial charge in [-0.25, -0.2) is 0 Å². The van der Waals surface area contributed by atoms with E-state index in [-0.39, 0.29) is 5.00 Å². The number of nitrogens with zero attached hydrogens (tertiary/aromatic N) is 1. The second-order valence-corrected chi connectivity index (χ2v) is 7.38. The van der Waals surface area contributed by atoms with Crippen molar-refractivity contribution in [2.24, 2.45) is 5.73 Å². The Hall–Kier alpha value is -2.52. The van der Waals surface area contributed by atoms with Crippen LogP contribution in [0.2, 0.25) is 0 Å². The third-order valence-corrected chi connectivity index (χ3v) is 5.81. The van der Waals surface area contributed by atoms with Crippen molar-refractivity contribution in [3.63, 3.8) is 0 Å². The number of hydrogen-bond donors (Lipinski definition) is 2. The number of hydrogen-bond acceptors (Lipinski definition) is 6. The molecule has 2 aromatic heterocycles. The lowest BCUT2D eigenvalue weighted by Crippen LogP contribution is -2.16. The topological polar surface area (TPSA) is 115 Å². The summed E-state index contributed by atoms with van der Waals surface area (Å²) in [6.45, 7) is 0. The van der Waals surface area contributed by atoms with Gasteiger partial charge >= 0.3 is 5.00 Å². The largest absolute Gasteiger partial charge is 0.365 e. The Morgan fingerprint density at radius 2 is 2.08 bits per heavy atom. The third kappa shape index (κ3) is 3.22. The van der Waals surface area contributed by atoms with Crippen LogP contribution in [-0.4, -0.2) is 16.7 Å². The Balaban J connectivity index is 1.74. The lowest BCUT2D eigenvalue weighted by molar-refractivity contribution is -0.380. The zero-order valence-corrected chi connectivity index (χ0v) is 14.0. The summed E-state index contributed by atoms with van der Waals surface area (Å²) in [6.07, 6.45) is 5.47. The molecule has 1 aliphatic carbocycles. The third-order valence-electron chi connectivity index (χ3n) is 3.60. The number of nitrogens with one attached hydrogen (secondary N) is 1. The van der Waals surface area contributed by atoms with Crippen molar-refractivity contribution in [2.75, 3.05) is 5.32 Å². The number of rotatable bonds is 5. The molecule has 2 amide bonds. The van der Waals surface area contributed by atoms with Gasteiger partial charge < -0.3 is 11.1 Å². The van der Waals surface area contributed by atoms with Gasteiger partial charge in [-0.3, -0.25) is 19.7 Å². The van der Waals surface area contributed by atoms with Crippen LogP contribution in [0.15, 0.2) is 18.2 Å². The second-order valence-electron chi connectivity index (χ2n) is 5.18. The van der Waals surface area contributed by atoms with Gasteiger partial charge in [0.25, 0.3) is 5.91 Å². The van der Waals surface area contributed by atoms with Crippen molar-refractivity contribution in [1.82, 2.24) is 0 Å². The van der Waals surface area contributed by atoms with Gasteiger partial charge in [0.05, 0.1) is 10.5 Å². The highest BCUT2D eigenvalue weighted by molar-refractivity contribution is 7.17. The maximum absolute atomic E-state index is 12.1. The van der Waals surface area contributed by atoms with Crippen LogP contribution in [0.1, 0.15) is 32.1 Å². The molecular weight excluding hydrogens is 350 g/mol. The monoisotopic (exact) mass is 363 g/mol. The number of primary amides is 1. The van der Waals surface area contributed by atoms with Gasteiger partial charge in [-0.2, -0.15) is 0 Å². The van der Waals surface area contributed by atoms with Crippen LogP contribution in [0.4, 0.5) is 10.0 Å². The van der Waals surface area contributed by atoms with Gasteiger partial charge in [-0.1, -0.05) is 11.3 Å². The number of thiophene rings is 2. The molecule has 1 aliphatic rings. The van der Waals surface area contributed by atoms with E-state index in [1.807, 2.05) is 0 Å². The molecule has 0 saturated carbocycles. The lowest BCUT2D eigenvalue weighted by Gasteiger charge is -2.03. The van der Waals surface area contributed by atoms with Crippen molar-refractivity contribution < 1.29 is 14.5 Å². The summed E-state index contributed by atoms with van der Waals surface area (Å²) < 4.78 is 0.